The molecular formula is C11H21ClN2O4. The maximum Gasteiger partial charge on any atom is 0.305 e. The summed E-state index contributed by atoms with van der Waals surface area (Å²) in [7, 11) is 0. The van der Waals surface area contributed by atoms with Gasteiger partial charge in [0.1, 0.15) is 6.10 Å². The highest BCUT2D eigenvalue weighted by Gasteiger charge is 2.20. The van der Waals surface area contributed by atoms with E-state index in [0.717, 1.165) is 6.54 Å². The third-order valence-corrected chi connectivity index (χ3v) is 2.38. The molecule has 7 heteroatoms. The molecule has 106 valence electrons. The molecule has 2 N–H and O–H groups in total. The number of esters is 1. The molecule has 0 aromatic rings. The Morgan fingerprint density at radius 3 is 2.89 bits per heavy atom. The number of ether oxygens (including phenoxy) is 2. The van der Waals surface area contributed by atoms with Gasteiger partial charge in [0.15, 0.2) is 0 Å². The molecule has 1 rings (SSSR count). The summed E-state index contributed by atoms with van der Waals surface area (Å²) in [5, 5.41) is 5.82. The quantitative estimate of drug-likeness (QED) is 0.523. The molecule has 1 aliphatic rings. The summed E-state index contributed by atoms with van der Waals surface area (Å²) < 4.78 is 10.1. The van der Waals surface area contributed by atoms with Gasteiger partial charge in [0, 0.05) is 26.1 Å². The minimum absolute atomic E-state index is 0. The van der Waals surface area contributed by atoms with E-state index in [1.807, 2.05) is 0 Å². The summed E-state index contributed by atoms with van der Waals surface area (Å²) >= 11 is 0. The molecule has 0 aromatic heterocycles. The van der Waals surface area contributed by atoms with E-state index in [9.17, 15) is 9.59 Å². The van der Waals surface area contributed by atoms with E-state index < -0.39 is 6.10 Å². The van der Waals surface area contributed by atoms with Gasteiger partial charge in [0.05, 0.1) is 13.2 Å². The van der Waals surface area contributed by atoms with E-state index in [0.29, 0.717) is 39.1 Å². The van der Waals surface area contributed by atoms with Gasteiger partial charge >= 0.3 is 5.97 Å². The highest BCUT2D eigenvalue weighted by Crippen LogP contribution is 1.97. The number of rotatable bonds is 6. The van der Waals surface area contributed by atoms with Gasteiger partial charge in [0.25, 0.3) is 0 Å². The Hall–Kier alpha value is -0.850. The van der Waals surface area contributed by atoms with E-state index in [4.69, 9.17) is 9.47 Å². The van der Waals surface area contributed by atoms with Crippen LogP contribution in [0, 0.1) is 0 Å². The average Bonchev–Trinajstić information content (AvgIpc) is 2.36. The van der Waals surface area contributed by atoms with E-state index in [-0.39, 0.29) is 24.3 Å². The molecule has 0 bridgehead atoms. The molecule has 18 heavy (non-hydrogen) atoms. The lowest BCUT2D eigenvalue weighted by molar-refractivity contribution is -0.143. The fourth-order valence-corrected chi connectivity index (χ4v) is 1.53. The van der Waals surface area contributed by atoms with Crippen molar-refractivity contribution in [2.24, 2.45) is 0 Å². The first-order valence-corrected chi connectivity index (χ1v) is 5.99. The summed E-state index contributed by atoms with van der Waals surface area (Å²) in [5.41, 5.74) is 0. The van der Waals surface area contributed by atoms with E-state index in [1.165, 1.54) is 0 Å². The molecule has 1 saturated heterocycles. The van der Waals surface area contributed by atoms with Crippen molar-refractivity contribution in [2.45, 2.75) is 25.9 Å². The lowest BCUT2D eigenvalue weighted by atomic mass is 10.2. The topological polar surface area (TPSA) is 76.7 Å². The number of carbonyl (C=O) groups is 2. The van der Waals surface area contributed by atoms with Crippen molar-refractivity contribution in [3.8, 4) is 0 Å². The van der Waals surface area contributed by atoms with E-state index in [2.05, 4.69) is 10.6 Å². The van der Waals surface area contributed by atoms with Crippen LogP contribution in [0.3, 0.4) is 0 Å². The number of carbonyl (C=O) groups excluding carboxylic acids is 2. The van der Waals surface area contributed by atoms with Crippen LogP contribution < -0.4 is 10.6 Å². The highest BCUT2D eigenvalue weighted by molar-refractivity contribution is 5.85. The molecule has 1 atom stereocenters. The third kappa shape index (κ3) is 6.78. The van der Waals surface area contributed by atoms with Crippen LogP contribution in [0.1, 0.15) is 19.8 Å². The lowest BCUT2D eigenvalue weighted by Crippen LogP contribution is -2.48. The predicted molar refractivity (Wildman–Crippen MR) is 68.7 cm³/mol. The van der Waals surface area contributed by atoms with Crippen LogP contribution in [0.2, 0.25) is 0 Å². The second-order valence-electron chi connectivity index (χ2n) is 3.76. The molecule has 6 nitrogen and oxygen atoms in total. The van der Waals surface area contributed by atoms with E-state index in [1.54, 1.807) is 6.92 Å². The molecule has 0 spiro atoms. The number of hydrogen-bond donors (Lipinski definition) is 2. The number of halogens is 1. The van der Waals surface area contributed by atoms with Gasteiger partial charge in [-0.05, 0) is 13.3 Å². The van der Waals surface area contributed by atoms with Gasteiger partial charge in [-0.2, -0.15) is 0 Å². The zero-order chi connectivity index (χ0) is 12.5. The lowest BCUT2D eigenvalue weighted by Gasteiger charge is -2.22. The fourth-order valence-electron chi connectivity index (χ4n) is 1.53. The fraction of sp³-hybridized carbons (Fsp3) is 0.818. The van der Waals surface area contributed by atoms with Gasteiger partial charge < -0.3 is 20.1 Å². The molecule has 0 aromatic carbocycles. The van der Waals surface area contributed by atoms with Crippen molar-refractivity contribution in [3.63, 3.8) is 0 Å². The summed E-state index contributed by atoms with van der Waals surface area (Å²) in [5.74, 6) is -0.349. The van der Waals surface area contributed by atoms with Gasteiger partial charge in [-0.3, -0.25) is 9.59 Å². The van der Waals surface area contributed by atoms with Crippen molar-refractivity contribution in [1.29, 1.82) is 0 Å². The number of amides is 1. The molecular weight excluding hydrogens is 260 g/mol. The van der Waals surface area contributed by atoms with Gasteiger partial charge in [-0.1, -0.05) is 0 Å². The van der Waals surface area contributed by atoms with Crippen molar-refractivity contribution >= 4 is 24.3 Å². The first-order valence-electron chi connectivity index (χ1n) is 5.99. The monoisotopic (exact) mass is 280 g/mol. The molecule has 1 fully saturated rings. The Labute approximate surface area is 113 Å². The molecule has 0 saturated carbocycles. The Morgan fingerprint density at radius 2 is 2.28 bits per heavy atom. The summed E-state index contributed by atoms with van der Waals surface area (Å²) in [6.45, 7) is 4.52. The van der Waals surface area contributed by atoms with Crippen LogP contribution in [0.5, 0.6) is 0 Å². The normalized spacial score (nSPS) is 18.6. The standard InChI is InChI=1S/C11H20N2O4.ClH/c1-2-16-10(14)4-3-5-13-11(15)9-8-12-6-7-17-9;/h9,12H,2-8H2,1H3,(H,13,15);1H. The second kappa shape index (κ2) is 10.1. The van der Waals surface area contributed by atoms with Crippen LogP contribution in [0.25, 0.3) is 0 Å². The summed E-state index contributed by atoms with van der Waals surface area (Å²) in [4.78, 5) is 22.6. The summed E-state index contributed by atoms with van der Waals surface area (Å²) in [6, 6.07) is 0. The van der Waals surface area contributed by atoms with Crippen LogP contribution in [-0.2, 0) is 19.1 Å². The first kappa shape index (κ1) is 17.2. The SMILES string of the molecule is CCOC(=O)CCCNC(=O)C1CNCCO1.Cl. The second-order valence-corrected chi connectivity index (χ2v) is 3.76. The van der Waals surface area contributed by atoms with Gasteiger partial charge in [0.2, 0.25) is 5.91 Å². The molecule has 1 amide bonds. The van der Waals surface area contributed by atoms with Crippen molar-refractivity contribution in [2.75, 3.05) is 32.8 Å². The van der Waals surface area contributed by atoms with Crippen LogP contribution in [-0.4, -0.2) is 50.8 Å². The Bertz CT molecular complexity index is 257. The zero-order valence-corrected chi connectivity index (χ0v) is 11.4. The van der Waals surface area contributed by atoms with Crippen molar-refractivity contribution < 1.29 is 19.1 Å². The van der Waals surface area contributed by atoms with E-state index >= 15 is 0 Å². The molecule has 1 aliphatic heterocycles. The maximum atomic E-state index is 11.6. The molecule has 1 heterocycles. The number of hydrogen-bond acceptors (Lipinski definition) is 5. The van der Waals surface area contributed by atoms with Crippen molar-refractivity contribution in [1.82, 2.24) is 10.6 Å². The smallest absolute Gasteiger partial charge is 0.305 e. The molecule has 0 radical (unpaired) electrons. The minimum Gasteiger partial charge on any atom is -0.466 e. The molecule has 1 unspecified atom stereocenters. The summed E-state index contributed by atoms with van der Waals surface area (Å²) in [6.07, 6.45) is 0.508. The largest absolute Gasteiger partial charge is 0.466 e. The Balaban J connectivity index is 0.00000289. The van der Waals surface area contributed by atoms with Crippen LogP contribution >= 0.6 is 12.4 Å². The zero-order valence-electron chi connectivity index (χ0n) is 10.6. The van der Waals surface area contributed by atoms with Crippen molar-refractivity contribution in [3.05, 3.63) is 0 Å². The van der Waals surface area contributed by atoms with Crippen LogP contribution in [0.15, 0.2) is 0 Å². The van der Waals surface area contributed by atoms with Crippen LogP contribution in [0.4, 0.5) is 0 Å². The number of nitrogens with one attached hydrogen (secondary N) is 2. The van der Waals surface area contributed by atoms with Gasteiger partial charge in [-0.15, -0.1) is 12.4 Å². The Kier molecular flexibility index (Phi) is 9.63. The average molecular weight is 281 g/mol. The van der Waals surface area contributed by atoms with Gasteiger partial charge in [-0.25, -0.2) is 0 Å². The predicted octanol–water partition coefficient (Wildman–Crippen LogP) is -0.144. The maximum absolute atomic E-state index is 11.6. The first-order chi connectivity index (χ1) is 8.24. The highest BCUT2D eigenvalue weighted by atomic mass is 35.5. The third-order valence-electron chi connectivity index (χ3n) is 2.38. The Morgan fingerprint density at radius 1 is 1.50 bits per heavy atom. The molecule has 0 aliphatic carbocycles. The minimum atomic E-state index is -0.411. The number of morpholine rings is 1.